The molecule has 1 aliphatic heterocycles. The number of guanidine groups is 1. The molecule has 108 valence electrons. The molecule has 1 unspecified atom stereocenters. The van der Waals surface area contributed by atoms with Crippen molar-refractivity contribution in [3.63, 3.8) is 0 Å². The highest BCUT2D eigenvalue weighted by atomic mass is 127. The highest BCUT2D eigenvalue weighted by molar-refractivity contribution is 14.0. The molecule has 1 heterocycles. The van der Waals surface area contributed by atoms with E-state index in [9.17, 15) is 0 Å². The van der Waals surface area contributed by atoms with Crippen LogP contribution in [0.2, 0.25) is 0 Å². The Morgan fingerprint density at radius 1 is 1.22 bits per heavy atom. The number of aliphatic imine (C=N–C) groups is 1. The first-order valence-corrected chi connectivity index (χ1v) is 6.81. The van der Waals surface area contributed by atoms with Gasteiger partial charge in [0.25, 0.3) is 0 Å². The summed E-state index contributed by atoms with van der Waals surface area (Å²) in [6.07, 6.45) is 2.74. The second-order valence-corrected chi connectivity index (χ2v) is 5.37. The van der Waals surface area contributed by atoms with Gasteiger partial charge in [-0.3, -0.25) is 4.99 Å². The van der Waals surface area contributed by atoms with Crippen molar-refractivity contribution in [2.75, 3.05) is 33.2 Å². The van der Waals surface area contributed by atoms with E-state index in [2.05, 4.69) is 41.3 Å². The van der Waals surface area contributed by atoms with Crippen LogP contribution in [0.5, 0.6) is 0 Å². The summed E-state index contributed by atoms with van der Waals surface area (Å²) in [5.74, 6) is 1.58. The van der Waals surface area contributed by atoms with E-state index in [0.717, 1.165) is 12.5 Å². The Bertz CT molecular complexity index is 237. The van der Waals surface area contributed by atoms with Crippen LogP contribution in [-0.2, 0) is 0 Å². The Balaban J connectivity index is 0.00000289. The molecule has 1 atom stereocenters. The van der Waals surface area contributed by atoms with Gasteiger partial charge in [-0.25, -0.2) is 0 Å². The molecule has 1 rings (SSSR count). The van der Waals surface area contributed by atoms with Gasteiger partial charge in [-0.1, -0.05) is 6.92 Å². The van der Waals surface area contributed by atoms with Crippen LogP contribution in [0.1, 0.15) is 33.6 Å². The van der Waals surface area contributed by atoms with Gasteiger partial charge in [0.2, 0.25) is 0 Å². The average Bonchev–Trinajstić information content (AvgIpc) is 2.76. The lowest BCUT2D eigenvalue weighted by molar-refractivity contribution is 0.287. The zero-order valence-electron chi connectivity index (χ0n) is 12.2. The van der Waals surface area contributed by atoms with Crippen molar-refractivity contribution in [3.8, 4) is 0 Å². The van der Waals surface area contributed by atoms with E-state index in [1.807, 2.05) is 7.05 Å². The average molecular weight is 368 g/mol. The Kier molecular flexibility index (Phi) is 9.81. The molecule has 0 saturated carbocycles. The number of likely N-dealkylation sites (tertiary alicyclic amines) is 1. The summed E-state index contributed by atoms with van der Waals surface area (Å²) in [4.78, 5) is 6.77. The van der Waals surface area contributed by atoms with Gasteiger partial charge in [-0.05, 0) is 45.7 Å². The maximum absolute atomic E-state index is 4.21. The Labute approximate surface area is 129 Å². The molecule has 1 aliphatic rings. The molecule has 0 amide bonds. The molecule has 0 aromatic rings. The van der Waals surface area contributed by atoms with Crippen LogP contribution >= 0.6 is 24.0 Å². The highest BCUT2D eigenvalue weighted by Gasteiger charge is 2.14. The minimum Gasteiger partial charge on any atom is -0.356 e. The van der Waals surface area contributed by atoms with E-state index in [1.54, 1.807) is 0 Å². The predicted molar refractivity (Wildman–Crippen MR) is 89.9 cm³/mol. The van der Waals surface area contributed by atoms with E-state index in [4.69, 9.17) is 0 Å². The Morgan fingerprint density at radius 2 is 1.83 bits per heavy atom. The monoisotopic (exact) mass is 368 g/mol. The smallest absolute Gasteiger partial charge is 0.191 e. The molecule has 1 saturated heterocycles. The van der Waals surface area contributed by atoms with Crippen molar-refractivity contribution in [3.05, 3.63) is 0 Å². The second-order valence-electron chi connectivity index (χ2n) is 5.37. The zero-order valence-corrected chi connectivity index (χ0v) is 14.5. The number of nitrogens with one attached hydrogen (secondary N) is 2. The van der Waals surface area contributed by atoms with Crippen LogP contribution in [0.4, 0.5) is 0 Å². The third-order valence-electron chi connectivity index (χ3n) is 3.04. The van der Waals surface area contributed by atoms with Gasteiger partial charge >= 0.3 is 0 Å². The predicted octanol–water partition coefficient (Wildman–Crippen LogP) is 1.91. The fourth-order valence-electron chi connectivity index (χ4n) is 2.21. The third kappa shape index (κ3) is 7.41. The van der Waals surface area contributed by atoms with Gasteiger partial charge in [0.05, 0.1) is 0 Å². The lowest BCUT2D eigenvalue weighted by atomic mass is 10.1. The van der Waals surface area contributed by atoms with E-state index in [-0.39, 0.29) is 24.0 Å². The maximum atomic E-state index is 4.21. The summed E-state index contributed by atoms with van der Waals surface area (Å²) < 4.78 is 0. The third-order valence-corrected chi connectivity index (χ3v) is 3.04. The van der Waals surface area contributed by atoms with Crippen LogP contribution in [0.15, 0.2) is 4.99 Å². The van der Waals surface area contributed by atoms with E-state index < -0.39 is 0 Å². The topological polar surface area (TPSA) is 39.7 Å². The molecule has 0 aromatic carbocycles. The molecule has 4 nitrogen and oxygen atoms in total. The first-order chi connectivity index (χ1) is 8.11. The molecule has 0 bridgehead atoms. The lowest BCUT2D eigenvalue weighted by Crippen LogP contribution is -2.43. The van der Waals surface area contributed by atoms with Crippen LogP contribution in [0.25, 0.3) is 0 Å². The quantitative estimate of drug-likeness (QED) is 0.443. The first-order valence-electron chi connectivity index (χ1n) is 6.81. The van der Waals surface area contributed by atoms with E-state index in [1.165, 1.54) is 32.5 Å². The highest BCUT2D eigenvalue weighted by Crippen LogP contribution is 2.09. The maximum Gasteiger partial charge on any atom is 0.191 e. The summed E-state index contributed by atoms with van der Waals surface area (Å²) >= 11 is 0. The van der Waals surface area contributed by atoms with Gasteiger partial charge < -0.3 is 15.5 Å². The van der Waals surface area contributed by atoms with Crippen LogP contribution in [0, 0.1) is 5.92 Å². The normalized spacial score (nSPS) is 18.6. The molecule has 5 heteroatoms. The molecular formula is C13H29IN4. The summed E-state index contributed by atoms with van der Waals surface area (Å²) in [7, 11) is 1.82. The first kappa shape index (κ1) is 18.0. The van der Waals surface area contributed by atoms with Crippen molar-refractivity contribution < 1.29 is 0 Å². The second kappa shape index (κ2) is 9.83. The van der Waals surface area contributed by atoms with E-state index in [0.29, 0.717) is 12.0 Å². The SMILES string of the molecule is CN=C(NCC(C)CN1CCCC1)NC(C)C.I. The Morgan fingerprint density at radius 3 is 2.33 bits per heavy atom. The van der Waals surface area contributed by atoms with Crippen molar-refractivity contribution >= 4 is 29.9 Å². The number of nitrogens with zero attached hydrogens (tertiary/aromatic N) is 2. The molecule has 0 radical (unpaired) electrons. The molecule has 0 aromatic heterocycles. The van der Waals surface area contributed by atoms with Crippen molar-refractivity contribution in [1.29, 1.82) is 0 Å². The van der Waals surface area contributed by atoms with Crippen molar-refractivity contribution in [1.82, 2.24) is 15.5 Å². The molecule has 2 N–H and O–H groups in total. The van der Waals surface area contributed by atoms with Gasteiger partial charge in [-0.15, -0.1) is 24.0 Å². The number of hydrogen-bond donors (Lipinski definition) is 2. The summed E-state index contributed by atoms with van der Waals surface area (Å²) in [5, 5.41) is 6.69. The molecular weight excluding hydrogens is 339 g/mol. The van der Waals surface area contributed by atoms with Gasteiger partial charge in [-0.2, -0.15) is 0 Å². The number of hydrogen-bond acceptors (Lipinski definition) is 2. The fraction of sp³-hybridized carbons (Fsp3) is 0.923. The molecule has 0 spiro atoms. The molecule has 18 heavy (non-hydrogen) atoms. The summed E-state index contributed by atoms with van der Waals surface area (Å²) in [5.41, 5.74) is 0. The van der Waals surface area contributed by atoms with Crippen molar-refractivity contribution in [2.24, 2.45) is 10.9 Å². The standard InChI is InChI=1S/C13H28N4.HI/c1-11(2)16-13(14-4)15-9-12(3)10-17-7-5-6-8-17;/h11-12H,5-10H2,1-4H3,(H2,14,15,16);1H. The fourth-order valence-corrected chi connectivity index (χ4v) is 2.21. The summed E-state index contributed by atoms with van der Waals surface area (Å²) in [6, 6.07) is 0.426. The van der Waals surface area contributed by atoms with Crippen molar-refractivity contribution in [2.45, 2.75) is 39.7 Å². The largest absolute Gasteiger partial charge is 0.356 e. The minimum absolute atomic E-state index is 0. The number of rotatable bonds is 5. The molecule has 1 fully saturated rings. The summed E-state index contributed by atoms with van der Waals surface area (Å²) in [6.45, 7) is 11.3. The van der Waals surface area contributed by atoms with E-state index >= 15 is 0 Å². The van der Waals surface area contributed by atoms with Gasteiger partial charge in [0.15, 0.2) is 5.96 Å². The van der Waals surface area contributed by atoms with Crippen LogP contribution in [0.3, 0.4) is 0 Å². The van der Waals surface area contributed by atoms with Gasteiger partial charge in [0.1, 0.15) is 0 Å². The Hall–Kier alpha value is -0.0400. The number of halogens is 1. The lowest BCUT2D eigenvalue weighted by Gasteiger charge is -2.22. The molecule has 0 aliphatic carbocycles. The van der Waals surface area contributed by atoms with Gasteiger partial charge in [0, 0.05) is 26.2 Å². The van der Waals surface area contributed by atoms with Crippen LogP contribution < -0.4 is 10.6 Å². The minimum atomic E-state index is 0. The van der Waals surface area contributed by atoms with Crippen LogP contribution in [-0.4, -0.2) is 50.1 Å². The zero-order chi connectivity index (χ0) is 12.7.